The number of hydrogen-bond donors (Lipinski definition) is 2. The third-order valence-electron chi connectivity index (χ3n) is 3.37. The van der Waals surface area contributed by atoms with Crippen LogP contribution in [0.5, 0.6) is 0 Å². The normalized spacial score (nSPS) is 11.8. The number of anilines is 1. The Morgan fingerprint density at radius 3 is 2.57 bits per heavy atom. The molecule has 2 N–H and O–H groups in total. The minimum Gasteiger partial charge on any atom is -0.356 e. The van der Waals surface area contributed by atoms with Gasteiger partial charge in [0, 0.05) is 5.69 Å². The predicted octanol–water partition coefficient (Wildman–Crippen LogP) is 4.05. The number of benzene rings is 1. The molecule has 3 nitrogen and oxygen atoms in total. The second-order valence-corrected chi connectivity index (χ2v) is 5.75. The maximum absolute atomic E-state index is 5.36. The Hall–Kier alpha value is -1.94. The van der Waals surface area contributed by atoms with E-state index in [4.69, 9.17) is 12.2 Å². The molecule has 0 amide bonds. The summed E-state index contributed by atoms with van der Waals surface area (Å²) in [5.74, 6) is 0.764. The summed E-state index contributed by atoms with van der Waals surface area (Å²) in [6, 6.07) is 12.4. The molecule has 1 heterocycles. The number of hydrogen-bond acceptors (Lipinski definition) is 2. The van der Waals surface area contributed by atoms with E-state index in [2.05, 4.69) is 54.6 Å². The summed E-state index contributed by atoms with van der Waals surface area (Å²) in [7, 11) is 0. The summed E-state index contributed by atoms with van der Waals surface area (Å²) in [6.45, 7) is 8.29. The number of aromatic nitrogens is 1. The molecule has 1 aromatic heterocycles. The van der Waals surface area contributed by atoms with Crippen molar-refractivity contribution in [3.8, 4) is 0 Å². The van der Waals surface area contributed by atoms with Crippen LogP contribution >= 0.6 is 12.2 Å². The van der Waals surface area contributed by atoms with Gasteiger partial charge in [-0.2, -0.15) is 0 Å². The fourth-order valence-electron chi connectivity index (χ4n) is 2.35. The highest BCUT2D eigenvalue weighted by Gasteiger charge is 2.10. The first-order valence-electron chi connectivity index (χ1n) is 7.04. The van der Waals surface area contributed by atoms with Gasteiger partial charge in [-0.05, 0) is 63.2 Å². The fourth-order valence-corrected chi connectivity index (χ4v) is 2.63. The lowest BCUT2D eigenvalue weighted by Gasteiger charge is -2.19. The summed E-state index contributed by atoms with van der Waals surface area (Å²) in [5.41, 5.74) is 4.76. The van der Waals surface area contributed by atoms with E-state index in [0.717, 1.165) is 11.5 Å². The molecule has 110 valence electrons. The van der Waals surface area contributed by atoms with E-state index >= 15 is 0 Å². The molecule has 0 aliphatic carbocycles. The Bertz CT molecular complexity index is 652. The minimum atomic E-state index is 0.149. The molecule has 0 unspecified atom stereocenters. The minimum absolute atomic E-state index is 0.149. The maximum Gasteiger partial charge on any atom is 0.172 e. The van der Waals surface area contributed by atoms with Crippen LogP contribution in [0.2, 0.25) is 0 Å². The van der Waals surface area contributed by atoms with Crippen LogP contribution in [0.3, 0.4) is 0 Å². The molecule has 0 bridgehead atoms. The van der Waals surface area contributed by atoms with E-state index in [9.17, 15) is 0 Å². The van der Waals surface area contributed by atoms with Gasteiger partial charge in [0.1, 0.15) is 5.82 Å². The summed E-state index contributed by atoms with van der Waals surface area (Å²) in [6.07, 6.45) is 0. The second-order valence-electron chi connectivity index (χ2n) is 5.34. The largest absolute Gasteiger partial charge is 0.356 e. The van der Waals surface area contributed by atoms with Gasteiger partial charge in [-0.1, -0.05) is 29.8 Å². The van der Waals surface area contributed by atoms with Crippen molar-refractivity contribution in [2.45, 2.75) is 33.7 Å². The molecule has 1 aromatic carbocycles. The third kappa shape index (κ3) is 4.26. The van der Waals surface area contributed by atoms with Crippen molar-refractivity contribution in [3.63, 3.8) is 0 Å². The van der Waals surface area contributed by atoms with Crippen LogP contribution in [-0.4, -0.2) is 10.1 Å². The van der Waals surface area contributed by atoms with Gasteiger partial charge in [-0.3, -0.25) is 0 Å². The Morgan fingerprint density at radius 2 is 1.90 bits per heavy atom. The van der Waals surface area contributed by atoms with Crippen molar-refractivity contribution >= 4 is 23.1 Å². The molecule has 2 rings (SSSR count). The molecule has 4 heteroatoms. The second kappa shape index (κ2) is 6.68. The quantitative estimate of drug-likeness (QED) is 0.838. The molecule has 0 fully saturated rings. The van der Waals surface area contributed by atoms with Gasteiger partial charge in [0.15, 0.2) is 5.11 Å². The first-order valence-corrected chi connectivity index (χ1v) is 7.45. The van der Waals surface area contributed by atoms with E-state index in [0.29, 0.717) is 5.11 Å². The van der Waals surface area contributed by atoms with Crippen LogP contribution in [-0.2, 0) is 0 Å². The number of rotatable bonds is 3. The number of pyridine rings is 1. The Labute approximate surface area is 131 Å². The van der Waals surface area contributed by atoms with Crippen molar-refractivity contribution in [1.82, 2.24) is 10.3 Å². The number of nitrogens with one attached hydrogen (secondary N) is 2. The van der Waals surface area contributed by atoms with Gasteiger partial charge >= 0.3 is 0 Å². The monoisotopic (exact) mass is 299 g/mol. The Balaban J connectivity index is 2.02. The van der Waals surface area contributed by atoms with Gasteiger partial charge in [-0.25, -0.2) is 4.98 Å². The number of nitrogens with zero attached hydrogens (tertiary/aromatic N) is 1. The van der Waals surface area contributed by atoms with Gasteiger partial charge in [-0.15, -0.1) is 0 Å². The molecule has 1 atom stereocenters. The highest BCUT2D eigenvalue weighted by atomic mass is 32.1. The van der Waals surface area contributed by atoms with E-state index in [1.807, 2.05) is 25.1 Å². The topological polar surface area (TPSA) is 37.0 Å². The van der Waals surface area contributed by atoms with Crippen LogP contribution in [0.25, 0.3) is 0 Å². The molecular formula is C17H21N3S. The van der Waals surface area contributed by atoms with E-state index in [-0.39, 0.29) is 6.04 Å². The molecule has 0 aliphatic rings. The zero-order valence-corrected chi connectivity index (χ0v) is 13.7. The number of aryl methyl sites for hydroxylation is 3. The summed E-state index contributed by atoms with van der Waals surface area (Å²) in [4.78, 5) is 4.38. The molecule has 0 aliphatic heterocycles. The third-order valence-corrected chi connectivity index (χ3v) is 3.59. The summed E-state index contributed by atoms with van der Waals surface area (Å²) < 4.78 is 0. The van der Waals surface area contributed by atoms with Crippen LogP contribution in [0.15, 0.2) is 36.4 Å². The van der Waals surface area contributed by atoms with Gasteiger partial charge in [0.05, 0.1) is 6.04 Å². The zero-order chi connectivity index (χ0) is 15.4. The van der Waals surface area contributed by atoms with Gasteiger partial charge in [0.2, 0.25) is 0 Å². The van der Waals surface area contributed by atoms with Gasteiger partial charge in [0.25, 0.3) is 0 Å². The zero-order valence-electron chi connectivity index (χ0n) is 12.9. The van der Waals surface area contributed by atoms with Crippen molar-refractivity contribution in [2.75, 3.05) is 5.32 Å². The van der Waals surface area contributed by atoms with Crippen LogP contribution < -0.4 is 10.6 Å². The molecule has 2 aromatic rings. The standard InChI is InChI=1S/C17H21N3S/c1-11-8-9-15(12(2)10-11)14(4)19-17(21)20-16-7-5-6-13(3)18-16/h5-10,14H,1-4H3,(H2,18,19,20,21)/t14-/m0/s1. The van der Waals surface area contributed by atoms with E-state index < -0.39 is 0 Å². The van der Waals surface area contributed by atoms with Crippen molar-refractivity contribution in [3.05, 3.63) is 58.8 Å². The van der Waals surface area contributed by atoms with Gasteiger partial charge < -0.3 is 10.6 Å². The maximum atomic E-state index is 5.36. The smallest absolute Gasteiger partial charge is 0.172 e. The average Bonchev–Trinajstić information content (AvgIpc) is 2.38. The van der Waals surface area contributed by atoms with Crippen LogP contribution in [0.4, 0.5) is 5.82 Å². The van der Waals surface area contributed by atoms with Crippen molar-refractivity contribution < 1.29 is 0 Å². The first kappa shape index (κ1) is 15.4. The predicted molar refractivity (Wildman–Crippen MR) is 92.7 cm³/mol. The first-order chi connectivity index (χ1) is 9.95. The van der Waals surface area contributed by atoms with E-state index in [1.165, 1.54) is 16.7 Å². The fraction of sp³-hybridized carbons (Fsp3) is 0.294. The molecular weight excluding hydrogens is 278 g/mol. The summed E-state index contributed by atoms with van der Waals surface area (Å²) in [5, 5.41) is 7.01. The number of thiocarbonyl (C=S) groups is 1. The van der Waals surface area contributed by atoms with Crippen LogP contribution in [0, 0.1) is 20.8 Å². The molecule has 0 spiro atoms. The highest BCUT2D eigenvalue weighted by Crippen LogP contribution is 2.18. The lowest BCUT2D eigenvalue weighted by molar-refractivity contribution is 0.716. The molecule has 21 heavy (non-hydrogen) atoms. The Kier molecular flexibility index (Phi) is 4.91. The molecule has 0 saturated heterocycles. The highest BCUT2D eigenvalue weighted by molar-refractivity contribution is 7.80. The SMILES string of the molecule is Cc1ccc([C@H](C)NC(=S)Nc2cccc(C)n2)c(C)c1. The Morgan fingerprint density at radius 1 is 1.14 bits per heavy atom. The van der Waals surface area contributed by atoms with Crippen LogP contribution in [0.1, 0.15) is 35.3 Å². The van der Waals surface area contributed by atoms with Crippen molar-refractivity contribution in [1.29, 1.82) is 0 Å². The lowest BCUT2D eigenvalue weighted by Crippen LogP contribution is -2.31. The molecule has 0 saturated carbocycles. The molecule has 0 radical (unpaired) electrons. The van der Waals surface area contributed by atoms with E-state index in [1.54, 1.807) is 0 Å². The summed E-state index contributed by atoms with van der Waals surface area (Å²) >= 11 is 5.36. The lowest BCUT2D eigenvalue weighted by atomic mass is 10.0. The van der Waals surface area contributed by atoms with Crippen molar-refractivity contribution in [2.24, 2.45) is 0 Å². The average molecular weight is 299 g/mol.